The number of aliphatic imine (C=N–C) groups is 1. The summed E-state index contributed by atoms with van der Waals surface area (Å²) in [6, 6.07) is 5.44. The van der Waals surface area contributed by atoms with Gasteiger partial charge in [-0.05, 0) is 49.6 Å². The van der Waals surface area contributed by atoms with Crippen LogP contribution in [0.2, 0.25) is 0 Å². The van der Waals surface area contributed by atoms with Crippen LogP contribution in [0.3, 0.4) is 0 Å². The van der Waals surface area contributed by atoms with Crippen molar-refractivity contribution in [2.75, 3.05) is 31.6 Å². The van der Waals surface area contributed by atoms with E-state index in [0.717, 1.165) is 25.7 Å². The second-order valence-corrected chi connectivity index (χ2v) is 9.66. The predicted octanol–water partition coefficient (Wildman–Crippen LogP) is 3.85. The molecule has 4 fully saturated rings. The summed E-state index contributed by atoms with van der Waals surface area (Å²) < 4.78 is 6.13. The maximum Gasteiger partial charge on any atom is 0.191 e. The van der Waals surface area contributed by atoms with Crippen molar-refractivity contribution in [2.45, 2.75) is 63.1 Å². The smallest absolute Gasteiger partial charge is 0.191 e. The largest absolute Gasteiger partial charge is 0.377 e. The van der Waals surface area contributed by atoms with E-state index in [1.54, 1.807) is 0 Å². The molecule has 156 valence electrons. The minimum atomic E-state index is 0. The van der Waals surface area contributed by atoms with E-state index in [1.165, 1.54) is 49.9 Å². The number of fused-ring (bicyclic) bond motifs is 2. The number of nitrogens with zero attached hydrogens (tertiary/aromatic N) is 2. The second kappa shape index (κ2) is 8.68. The molecule has 2 saturated heterocycles. The van der Waals surface area contributed by atoms with Gasteiger partial charge in [-0.1, -0.05) is 12.8 Å². The van der Waals surface area contributed by atoms with Crippen LogP contribution in [-0.4, -0.2) is 50.9 Å². The van der Waals surface area contributed by atoms with Crippen molar-refractivity contribution in [1.82, 2.24) is 10.6 Å². The van der Waals surface area contributed by atoms with Gasteiger partial charge in [0.15, 0.2) is 5.96 Å². The summed E-state index contributed by atoms with van der Waals surface area (Å²) in [6.07, 6.45) is 9.41. The molecule has 2 aliphatic carbocycles. The molecule has 2 saturated carbocycles. The number of halogens is 1. The molecule has 28 heavy (non-hydrogen) atoms. The summed E-state index contributed by atoms with van der Waals surface area (Å²) in [5.74, 6) is 1.69. The van der Waals surface area contributed by atoms with E-state index in [4.69, 9.17) is 4.74 Å². The molecule has 1 spiro atoms. The van der Waals surface area contributed by atoms with E-state index in [-0.39, 0.29) is 24.0 Å². The lowest BCUT2D eigenvalue weighted by molar-refractivity contribution is -0.125. The van der Waals surface area contributed by atoms with Crippen molar-refractivity contribution in [2.24, 2.45) is 16.3 Å². The zero-order valence-electron chi connectivity index (χ0n) is 16.7. The van der Waals surface area contributed by atoms with Crippen LogP contribution >= 0.6 is 35.3 Å². The molecule has 7 heteroatoms. The maximum atomic E-state index is 6.13. The Morgan fingerprint density at radius 3 is 2.68 bits per heavy atom. The van der Waals surface area contributed by atoms with Gasteiger partial charge >= 0.3 is 0 Å². The summed E-state index contributed by atoms with van der Waals surface area (Å²) >= 11 is 1.85. The quantitative estimate of drug-likeness (QED) is 0.364. The van der Waals surface area contributed by atoms with Gasteiger partial charge in [0.05, 0.1) is 11.1 Å². The Hall–Kier alpha value is -0.540. The van der Waals surface area contributed by atoms with Gasteiger partial charge in [-0.3, -0.25) is 4.99 Å². The van der Waals surface area contributed by atoms with Crippen LogP contribution in [0.5, 0.6) is 0 Å². The number of rotatable bonds is 3. The molecule has 1 aromatic rings. The summed E-state index contributed by atoms with van der Waals surface area (Å²) in [6.45, 7) is 3.20. The first-order valence-electron chi connectivity index (χ1n) is 10.7. The molecule has 3 atom stereocenters. The van der Waals surface area contributed by atoms with Crippen molar-refractivity contribution in [3.05, 3.63) is 17.5 Å². The van der Waals surface area contributed by atoms with Gasteiger partial charge in [0.2, 0.25) is 0 Å². The number of hydrogen-bond acceptors (Lipinski definition) is 4. The van der Waals surface area contributed by atoms with Gasteiger partial charge in [-0.2, -0.15) is 0 Å². The fourth-order valence-corrected chi connectivity index (χ4v) is 6.89. The SMILES string of the molecule is CN=C(NC1CCN(c2cccs2)CC1)NC1C2CCOC2C12CCCC2.I. The number of nitrogens with one attached hydrogen (secondary N) is 2. The van der Waals surface area contributed by atoms with E-state index in [9.17, 15) is 0 Å². The number of ether oxygens (including phenoxy) is 1. The first-order chi connectivity index (χ1) is 13.3. The van der Waals surface area contributed by atoms with Crippen LogP contribution in [0.15, 0.2) is 22.5 Å². The van der Waals surface area contributed by atoms with Crippen LogP contribution in [0.25, 0.3) is 0 Å². The van der Waals surface area contributed by atoms with Gasteiger partial charge in [0.1, 0.15) is 0 Å². The minimum absolute atomic E-state index is 0. The number of thiophene rings is 1. The lowest BCUT2D eigenvalue weighted by atomic mass is 9.54. The molecule has 2 N–H and O–H groups in total. The first-order valence-corrected chi connectivity index (χ1v) is 11.6. The topological polar surface area (TPSA) is 48.9 Å². The molecular formula is C21H33IN4OS. The Bertz CT molecular complexity index is 668. The Balaban J connectivity index is 0.00000192. The third-order valence-electron chi connectivity index (χ3n) is 7.46. The maximum absolute atomic E-state index is 6.13. The number of piperidine rings is 1. The molecule has 4 aliphatic rings. The number of guanidine groups is 1. The molecular weight excluding hydrogens is 483 g/mol. The van der Waals surface area contributed by atoms with Gasteiger partial charge in [0.25, 0.3) is 0 Å². The number of anilines is 1. The van der Waals surface area contributed by atoms with Crippen LogP contribution in [0.1, 0.15) is 44.9 Å². The second-order valence-electron chi connectivity index (χ2n) is 8.74. The minimum Gasteiger partial charge on any atom is -0.377 e. The molecule has 2 aliphatic heterocycles. The van der Waals surface area contributed by atoms with Gasteiger partial charge < -0.3 is 20.3 Å². The molecule has 0 radical (unpaired) electrons. The van der Waals surface area contributed by atoms with E-state index in [2.05, 4.69) is 38.0 Å². The summed E-state index contributed by atoms with van der Waals surface area (Å²) in [5.41, 5.74) is 0.376. The molecule has 0 aromatic carbocycles. The highest BCUT2D eigenvalue weighted by molar-refractivity contribution is 14.0. The van der Waals surface area contributed by atoms with Gasteiger partial charge in [-0.25, -0.2) is 0 Å². The summed E-state index contributed by atoms with van der Waals surface area (Å²) in [7, 11) is 1.92. The normalized spacial score (nSPS) is 32.0. The van der Waals surface area contributed by atoms with Crippen LogP contribution < -0.4 is 15.5 Å². The Morgan fingerprint density at radius 1 is 1.21 bits per heavy atom. The summed E-state index contributed by atoms with van der Waals surface area (Å²) in [4.78, 5) is 7.10. The predicted molar refractivity (Wildman–Crippen MR) is 127 cm³/mol. The fraction of sp³-hybridized carbons (Fsp3) is 0.762. The molecule has 3 unspecified atom stereocenters. The molecule has 0 amide bonds. The monoisotopic (exact) mass is 516 g/mol. The van der Waals surface area contributed by atoms with Crippen LogP contribution in [0.4, 0.5) is 5.00 Å². The third-order valence-corrected chi connectivity index (χ3v) is 8.38. The summed E-state index contributed by atoms with van der Waals surface area (Å²) in [5, 5.41) is 11.1. The van der Waals surface area contributed by atoms with Crippen LogP contribution in [-0.2, 0) is 4.74 Å². The van der Waals surface area contributed by atoms with E-state index < -0.39 is 0 Å². The van der Waals surface area contributed by atoms with Crippen molar-refractivity contribution in [3.63, 3.8) is 0 Å². The highest BCUT2D eigenvalue weighted by Crippen LogP contribution is 2.60. The lowest BCUT2D eigenvalue weighted by Gasteiger charge is -2.57. The fourth-order valence-electron chi connectivity index (χ4n) is 6.11. The standard InChI is InChI=1S/C21H32N4OS.HI/c1-22-20(23-15-6-11-25(12-7-15)17-5-4-14-27-17)24-18-16-8-13-26-19(16)21(18)9-2-3-10-21;/h4-5,14-16,18-19H,2-3,6-13H2,1H3,(H2,22,23,24);1H. The van der Waals surface area contributed by atoms with Gasteiger partial charge in [0, 0.05) is 50.2 Å². The highest BCUT2D eigenvalue weighted by atomic mass is 127. The Kier molecular flexibility index (Phi) is 6.42. The van der Waals surface area contributed by atoms with Crippen molar-refractivity contribution in [3.8, 4) is 0 Å². The first kappa shape index (κ1) is 20.7. The van der Waals surface area contributed by atoms with E-state index >= 15 is 0 Å². The average molecular weight is 516 g/mol. The van der Waals surface area contributed by atoms with E-state index in [0.29, 0.717) is 29.5 Å². The average Bonchev–Trinajstić information content (AvgIpc) is 3.46. The molecule has 5 nitrogen and oxygen atoms in total. The van der Waals surface area contributed by atoms with Crippen molar-refractivity contribution < 1.29 is 4.74 Å². The Labute approximate surface area is 189 Å². The molecule has 5 rings (SSSR count). The number of hydrogen-bond donors (Lipinski definition) is 2. The zero-order valence-corrected chi connectivity index (χ0v) is 19.9. The zero-order chi connectivity index (χ0) is 18.3. The Morgan fingerprint density at radius 2 is 2.00 bits per heavy atom. The molecule has 0 bridgehead atoms. The molecule has 1 aromatic heterocycles. The van der Waals surface area contributed by atoms with Crippen LogP contribution in [0, 0.1) is 11.3 Å². The van der Waals surface area contributed by atoms with Crippen molar-refractivity contribution in [1.29, 1.82) is 0 Å². The van der Waals surface area contributed by atoms with E-state index in [1.807, 2.05) is 18.4 Å². The van der Waals surface area contributed by atoms with Crippen molar-refractivity contribution >= 4 is 46.3 Å². The van der Waals surface area contributed by atoms with Gasteiger partial charge in [-0.15, -0.1) is 35.3 Å². The molecule has 3 heterocycles. The lowest BCUT2D eigenvalue weighted by Crippen LogP contribution is -2.69. The highest BCUT2D eigenvalue weighted by Gasteiger charge is 2.65. The third kappa shape index (κ3) is 3.55.